The van der Waals surface area contributed by atoms with Crippen LogP contribution in [0.2, 0.25) is 0 Å². The third-order valence-corrected chi connectivity index (χ3v) is 4.51. The van der Waals surface area contributed by atoms with E-state index in [2.05, 4.69) is 26.8 Å². The summed E-state index contributed by atoms with van der Waals surface area (Å²) in [5, 5.41) is 8.79. The molecule has 3 rings (SSSR count). The Kier molecular flexibility index (Phi) is 4.91. The van der Waals surface area contributed by atoms with Gasteiger partial charge in [0, 0.05) is 43.3 Å². The van der Waals surface area contributed by atoms with E-state index in [0.717, 1.165) is 31.0 Å². The Bertz CT molecular complexity index is 667. The number of aromatic nitrogens is 2. The number of ether oxygens (including phenoxy) is 1. The normalized spacial score (nSPS) is 16.4. The maximum atomic E-state index is 12.1. The van der Waals surface area contributed by atoms with Gasteiger partial charge < -0.3 is 9.64 Å². The van der Waals surface area contributed by atoms with Gasteiger partial charge in [-0.15, -0.1) is 0 Å². The summed E-state index contributed by atoms with van der Waals surface area (Å²) in [7, 11) is 0. The summed E-state index contributed by atoms with van der Waals surface area (Å²) in [6, 6.07) is 4.12. The number of carbonyl (C=O) groups is 1. The van der Waals surface area contributed by atoms with Crippen molar-refractivity contribution >= 4 is 17.4 Å². The number of hydrogen-bond donors (Lipinski definition) is 0. The predicted octanol–water partition coefficient (Wildman–Crippen LogP) is 3.12. The van der Waals surface area contributed by atoms with Crippen LogP contribution in [0, 0.1) is 0 Å². The predicted molar refractivity (Wildman–Crippen MR) is 94.9 cm³/mol. The molecule has 0 radical (unpaired) electrons. The maximum absolute atomic E-state index is 12.1. The van der Waals surface area contributed by atoms with Gasteiger partial charge in [-0.25, -0.2) is 4.79 Å². The van der Waals surface area contributed by atoms with Gasteiger partial charge in [0.2, 0.25) is 0 Å². The number of hydrogen-bond acceptors (Lipinski definition) is 5. The van der Waals surface area contributed by atoms with E-state index >= 15 is 0 Å². The van der Waals surface area contributed by atoms with Crippen LogP contribution in [0.15, 0.2) is 29.1 Å². The van der Waals surface area contributed by atoms with Gasteiger partial charge in [0.1, 0.15) is 5.60 Å². The number of rotatable bonds is 3. The van der Waals surface area contributed by atoms with Crippen LogP contribution in [0.5, 0.6) is 0 Å². The maximum Gasteiger partial charge on any atom is 0.410 e. The van der Waals surface area contributed by atoms with Gasteiger partial charge in [0.25, 0.3) is 0 Å². The van der Waals surface area contributed by atoms with Crippen LogP contribution >= 0.6 is 11.3 Å². The first-order chi connectivity index (χ1) is 11.4. The smallest absolute Gasteiger partial charge is 0.410 e. The van der Waals surface area contributed by atoms with Crippen molar-refractivity contribution in [1.29, 1.82) is 0 Å². The van der Waals surface area contributed by atoms with Crippen LogP contribution in [-0.4, -0.2) is 57.5 Å². The van der Waals surface area contributed by atoms with Crippen molar-refractivity contribution in [3.8, 4) is 11.3 Å². The van der Waals surface area contributed by atoms with Crippen molar-refractivity contribution in [2.24, 2.45) is 0 Å². The molecule has 1 amide bonds. The summed E-state index contributed by atoms with van der Waals surface area (Å²) in [6.45, 7) is 9.45. The summed E-state index contributed by atoms with van der Waals surface area (Å²) < 4.78 is 7.38. The molecule has 7 heteroatoms. The molecule has 1 fully saturated rings. The highest BCUT2D eigenvalue weighted by Crippen LogP contribution is 2.20. The molecule has 0 saturated carbocycles. The van der Waals surface area contributed by atoms with Gasteiger partial charge in [-0.05, 0) is 38.3 Å². The topological polar surface area (TPSA) is 50.6 Å². The second kappa shape index (κ2) is 6.94. The molecule has 0 unspecified atom stereocenters. The van der Waals surface area contributed by atoms with E-state index in [1.807, 2.05) is 37.7 Å². The summed E-state index contributed by atoms with van der Waals surface area (Å²) in [5.74, 6) is 0. The van der Waals surface area contributed by atoms with Crippen LogP contribution < -0.4 is 0 Å². The second-order valence-electron chi connectivity index (χ2n) is 6.98. The van der Waals surface area contributed by atoms with Gasteiger partial charge >= 0.3 is 6.09 Å². The highest BCUT2D eigenvalue weighted by molar-refractivity contribution is 7.08. The van der Waals surface area contributed by atoms with Crippen LogP contribution in [0.25, 0.3) is 11.3 Å². The minimum absolute atomic E-state index is 0.221. The lowest BCUT2D eigenvalue weighted by molar-refractivity contribution is 0.0114. The molecule has 0 N–H and O–H groups in total. The Morgan fingerprint density at radius 3 is 2.62 bits per heavy atom. The van der Waals surface area contributed by atoms with E-state index in [-0.39, 0.29) is 6.09 Å². The van der Waals surface area contributed by atoms with Crippen molar-refractivity contribution in [2.45, 2.75) is 33.0 Å². The van der Waals surface area contributed by atoms with Gasteiger partial charge in [0.15, 0.2) is 0 Å². The number of carbonyl (C=O) groups excluding carboxylic acids is 1. The zero-order valence-corrected chi connectivity index (χ0v) is 15.3. The molecule has 2 aromatic rings. The van der Waals surface area contributed by atoms with Crippen molar-refractivity contribution in [2.75, 3.05) is 26.2 Å². The van der Waals surface area contributed by atoms with Crippen molar-refractivity contribution < 1.29 is 9.53 Å². The van der Waals surface area contributed by atoms with Crippen LogP contribution in [0.4, 0.5) is 4.79 Å². The first-order valence-electron chi connectivity index (χ1n) is 8.17. The molecule has 1 aliphatic rings. The molecule has 130 valence electrons. The zero-order valence-electron chi connectivity index (χ0n) is 14.4. The summed E-state index contributed by atoms with van der Waals surface area (Å²) in [5.41, 5.74) is 1.72. The molecule has 1 saturated heterocycles. The summed E-state index contributed by atoms with van der Waals surface area (Å²) in [6.07, 6.45) is 1.79. The average Bonchev–Trinajstić information content (AvgIpc) is 3.16. The quantitative estimate of drug-likeness (QED) is 0.855. The molecule has 0 aliphatic carbocycles. The fourth-order valence-corrected chi connectivity index (χ4v) is 3.26. The van der Waals surface area contributed by atoms with Crippen molar-refractivity contribution in [1.82, 2.24) is 19.6 Å². The van der Waals surface area contributed by atoms with Crippen LogP contribution in [-0.2, 0) is 11.4 Å². The Morgan fingerprint density at radius 1 is 1.25 bits per heavy atom. The minimum atomic E-state index is -0.443. The summed E-state index contributed by atoms with van der Waals surface area (Å²) in [4.78, 5) is 16.2. The number of piperazine rings is 1. The molecular formula is C17H24N4O2S. The number of nitrogens with zero attached hydrogens (tertiary/aromatic N) is 4. The Labute approximate surface area is 146 Å². The van der Waals surface area contributed by atoms with E-state index in [4.69, 9.17) is 4.74 Å². The largest absolute Gasteiger partial charge is 0.444 e. The fraction of sp³-hybridized carbons (Fsp3) is 0.529. The number of amides is 1. The molecule has 24 heavy (non-hydrogen) atoms. The van der Waals surface area contributed by atoms with Crippen molar-refractivity contribution in [3.63, 3.8) is 0 Å². The Hall–Kier alpha value is -1.86. The highest BCUT2D eigenvalue weighted by atomic mass is 32.1. The van der Waals surface area contributed by atoms with Gasteiger partial charge in [-0.3, -0.25) is 9.58 Å². The van der Waals surface area contributed by atoms with E-state index in [0.29, 0.717) is 13.1 Å². The lowest BCUT2D eigenvalue weighted by atomic mass is 10.2. The SMILES string of the molecule is CC(C)(C)OC(=O)N1CCN(Cn2ccc(-c3ccsc3)n2)CC1. The molecular weight excluding hydrogens is 324 g/mol. The third-order valence-electron chi connectivity index (χ3n) is 3.83. The summed E-state index contributed by atoms with van der Waals surface area (Å²) >= 11 is 1.68. The van der Waals surface area contributed by atoms with Gasteiger partial charge in [0.05, 0.1) is 12.4 Å². The van der Waals surface area contributed by atoms with Crippen LogP contribution in [0.1, 0.15) is 20.8 Å². The molecule has 0 bridgehead atoms. The third kappa shape index (κ3) is 4.36. The van der Waals surface area contributed by atoms with E-state index < -0.39 is 5.60 Å². The van der Waals surface area contributed by atoms with Gasteiger partial charge in [-0.1, -0.05) is 0 Å². The molecule has 2 aromatic heterocycles. The molecule has 0 spiro atoms. The van der Waals surface area contributed by atoms with Crippen LogP contribution in [0.3, 0.4) is 0 Å². The van der Waals surface area contributed by atoms with E-state index in [9.17, 15) is 4.79 Å². The first kappa shape index (κ1) is 17.0. The molecule has 3 heterocycles. The minimum Gasteiger partial charge on any atom is -0.444 e. The standard InChI is InChI=1S/C17H24N4O2S/c1-17(2,3)23-16(22)20-9-7-19(8-10-20)13-21-6-4-15(18-21)14-5-11-24-12-14/h4-6,11-12H,7-10,13H2,1-3H3. The molecule has 6 nitrogen and oxygen atoms in total. The fourth-order valence-electron chi connectivity index (χ4n) is 2.61. The van der Waals surface area contributed by atoms with E-state index in [1.165, 1.54) is 0 Å². The van der Waals surface area contributed by atoms with Crippen molar-refractivity contribution in [3.05, 3.63) is 29.1 Å². The lowest BCUT2D eigenvalue weighted by Crippen LogP contribution is -2.50. The monoisotopic (exact) mass is 348 g/mol. The Morgan fingerprint density at radius 2 is 2.00 bits per heavy atom. The zero-order chi connectivity index (χ0) is 17.2. The lowest BCUT2D eigenvalue weighted by Gasteiger charge is -2.35. The highest BCUT2D eigenvalue weighted by Gasteiger charge is 2.25. The number of thiophene rings is 1. The average molecular weight is 348 g/mol. The molecule has 0 atom stereocenters. The second-order valence-corrected chi connectivity index (χ2v) is 7.76. The first-order valence-corrected chi connectivity index (χ1v) is 9.11. The Balaban J connectivity index is 1.50. The van der Waals surface area contributed by atoms with Gasteiger partial charge in [-0.2, -0.15) is 16.4 Å². The molecule has 1 aliphatic heterocycles. The van der Waals surface area contributed by atoms with E-state index in [1.54, 1.807) is 16.2 Å². The molecule has 0 aromatic carbocycles.